The van der Waals surface area contributed by atoms with Gasteiger partial charge >= 0.3 is 0 Å². The molecule has 0 bridgehead atoms. The zero-order valence-electron chi connectivity index (χ0n) is 11.0. The van der Waals surface area contributed by atoms with Crippen molar-refractivity contribution in [3.05, 3.63) is 41.4 Å². The van der Waals surface area contributed by atoms with E-state index in [0.717, 1.165) is 6.07 Å². The lowest BCUT2D eigenvalue weighted by atomic mass is 10.2. The topological polar surface area (TPSA) is 98.2 Å². The van der Waals surface area contributed by atoms with Crippen LogP contribution in [-0.2, 0) is 16.6 Å². The Morgan fingerprint density at radius 3 is 2.65 bits per heavy atom. The molecule has 8 heteroatoms. The number of aromatic nitrogens is 1. The third-order valence-corrected chi connectivity index (χ3v) is 4.13. The molecular formula is C12H14FN3O3S. The minimum atomic E-state index is -3.88. The second kappa shape index (κ2) is 5.22. The van der Waals surface area contributed by atoms with Gasteiger partial charge in [-0.1, -0.05) is 0 Å². The summed E-state index contributed by atoms with van der Waals surface area (Å²) in [6.07, 6.45) is 1.48. The maximum absolute atomic E-state index is 13.5. The number of rotatable bonds is 4. The molecule has 20 heavy (non-hydrogen) atoms. The number of nitrogens with one attached hydrogen (secondary N) is 1. The monoisotopic (exact) mass is 299 g/mol. The van der Waals surface area contributed by atoms with E-state index in [1.807, 2.05) is 0 Å². The van der Waals surface area contributed by atoms with Crippen molar-refractivity contribution in [2.24, 2.45) is 0 Å². The first-order valence-corrected chi connectivity index (χ1v) is 7.24. The Balaban J connectivity index is 2.22. The summed E-state index contributed by atoms with van der Waals surface area (Å²) in [5.74, 6) is 0.133. The summed E-state index contributed by atoms with van der Waals surface area (Å²) < 4.78 is 45.0. The van der Waals surface area contributed by atoms with Crippen molar-refractivity contribution in [3.8, 4) is 0 Å². The Morgan fingerprint density at radius 1 is 1.40 bits per heavy atom. The zero-order chi connectivity index (χ0) is 14.9. The third-order valence-electron chi connectivity index (χ3n) is 2.75. The molecule has 0 fully saturated rings. The van der Waals surface area contributed by atoms with Crippen molar-refractivity contribution in [1.82, 2.24) is 9.71 Å². The van der Waals surface area contributed by atoms with E-state index in [4.69, 9.17) is 10.2 Å². The summed E-state index contributed by atoms with van der Waals surface area (Å²) in [7, 11) is -3.88. The van der Waals surface area contributed by atoms with Crippen LogP contribution < -0.4 is 10.5 Å². The average Bonchev–Trinajstić information content (AvgIpc) is 2.79. The Morgan fingerprint density at radius 2 is 2.10 bits per heavy atom. The van der Waals surface area contributed by atoms with Gasteiger partial charge in [0.1, 0.15) is 11.6 Å². The highest BCUT2D eigenvalue weighted by Crippen LogP contribution is 2.21. The summed E-state index contributed by atoms with van der Waals surface area (Å²) in [5.41, 5.74) is 5.86. The van der Waals surface area contributed by atoms with Gasteiger partial charge in [-0.05, 0) is 26.0 Å². The molecule has 0 aliphatic carbocycles. The Hall–Kier alpha value is -1.93. The van der Waals surface area contributed by atoms with Crippen molar-refractivity contribution in [1.29, 1.82) is 0 Å². The molecular weight excluding hydrogens is 285 g/mol. The lowest BCUT2D eigenvalue weighted by Gasteiger charge is -2.08. The number of nitrogen functional groups attached to an aromatic ring is 1. The molecule has 108 valence electrons. The van der Waals surface area contributed by atoms with E-state index in [1.54, 1.807) is 6.92 Å². The first-order valence-electron chi connectivity index (χ1n) is 5.76. The van der Waals surface area contributed by atoms with Gasteiger partial charge in [-0.25, -0.2) is 22.5 Å². The number of hydrogen-bond donors (Lipinski definition) is 2. The number of nitrogens with zero attached hydrogens (tertiary/aromatic N) is 1. The van der Waals surface area contributed by atoms with Gasteiger partial charge in [-0.15, -0.1) is 0 Å². The SMILES string of the molecule is Cc1cnc(CNS(=O)(=O)c2cc(N)c(C)c(F)c2)o1. The first-order chi connectivity index (χ1) is 9.29. The van der Waals surface area contributed by atoms with E-state index in [1.165, 1.54) is 19.2 Å². The van der Waals surface area contributed by atoms with Gasteiger partial charge in [0.2, 0.25) is 15.9 Å². The Kier molecular flexibility index (Phi) is 3.78. The van der Waals surface area contributed by atoms with Gasteiger partial charge in [0, 0.05) is 11.3 Å². The Labute approximate surface area is 115 Å². The maximum Gasteiger partial charge on any atom is 0.241 e. The first kappa shape index (κ1) is 14.5. The minimum Gasteiger partial charge on any atom is -0.445 e. The van der Waals surface area contributed by atoms with Crippen molar-refractivity contribution in [2.75, 3.05) is 5.73 Å². The van der Waals surface area contributed by atoms with Crippen LogP contribution in [0.4, 0.5) is 10.1 Å². The highest BCUT2D eigenvalue weighted by molar-refractivity contribution is 7.89. The van der Waals surface area contributed by atoms with E-state index in [2.05, 4.69) is 9.71 Å². The largest absolute Gasteiger partial charge is 0.445 e. The summed E-state index contributed by atoms with van der Waals surface area (Å²) in [6.45, 7) is 3.05. The molecule has 3 N–H and O–H groups in total. The predicted molar refractivity (Wildman–Crippen MR) is 70.8 cm³/mol. The molecule has 0 spiro atoms. The molecule has 0 radical (unpaired) electrons. The van der Waals surface area contributed by atoms with Crippen LogP contribution in [-0.4, -0.2) is 13.4 Å². The van der Waals surface area contributed by atoms with Gasteiger partial charge in [0.05, 0.1) is 17.6 Å². The van der Waals surface area contributed by atoms with E-state index in [-0.39, 0.29) is 28.6 Å². The van der Waals surface area contributed by atoms with E-state index < -0.39 is 15.8 Å². The summed E-state index contributed by atoms with van der Waals surface area (Å²) >= 11 is 0. The quantitative estimate of drug-likeness (QED) is 0.833. The number of sulfonamides is 1. The van der Waals surface area contributed by atoms with E-state index in [0.29, 0.717) is 5.76 Å². The molecule has 0 atom stereocenters. The van der Waals surface area contributed by atoms with Crippen LogP contribution in [0.3, 0.4) is 0 Å². The maximum atomic E-state index is 13.5. The van der Waals surface area contributed by atoms with Crippen LogP contribution in [0.5, 0.6) is 0 Å². The number of halogens is 1. The lowest BCUT2D eigenvalue weighted by molar-refractivity contribution is 0.463. The van der Waals surface area contributed by atoms with Crippen molar-refractivity contribution in [2.45, 2.75) is 25.3 Å². The number of nitrogens with two attached hydrogens (primary N) is 1. The van der Waals surface area contributed by atoms with E-state index >= 15 is 0 Å². The fourth-order valence-electron chi connectivity index (χ4n) is 1.55. The molecule has 6 nitrogen and oxygen atoms in total. The summed E-state index contributed by atoms with van der Waals surface area (Å²) in [5, 5.41) is 0. The molecule has 1 aromatic heterocycles. The number of hydrogen-bond acceptors (Lipinski definition) is 5. The van der Waals surface area contributed by atoms with Gasteiger partial charge in [-0.3, -0.25) is 0 Å². The third kappa shape index (κ3) is 2.97. The van der Waals surface area contributed by atoms with Crippen LogP contribution >= 0.6 is 0 Å². The highest BCUT2D eigenvalue weighted by atomic mass is 32.2. The number of benzene rings is 1. The van der Waals surface area contributed by atoms with Crippen LogP contribution in [0.25, 0.3) is 0 Å². The van der Waals surface area contributed by atoms with Crippen molar-refractivity contribution >= 4 is 15.7 Å². The predicted octanol–water partition coefficient (Wildman–Crippen LogP) is 1.49. The summed E-state index contributed by atoms with van der Waals surface area (Å²) in [4.78, 5) is 3.63. The van der Waals surface area contributed by atoms with Gasteiger partial charge in [-0.2, -0.15) is 0 Å². The van der Waals surface area contributed by atoms with Gasteiger partial charge in [0.15, 0.2) is 0 Å². The molecule has 0 amide bonds. The fourth-order valence-corrected chi connectivity index (χ4v) is 2.57. The minimum absolute atomic E-state index is 0.0809. The zero-order valence-corrected chi connectivity index (χ0v) is 11.8. The van der Waals surface area contributed by atoms with Crippen LogP contribution in [0, 0.1) is 19.7 Å². The van der Waals surface area contributed by atoms with Crippen LogP contribution in [0.1, 0.15) is 17.2 Å². The molecule has 1 aromatic carbocycles. The van der Waals surface area contributed by atoms with Gasteiger partial charge < -0.3 is 10.2 Å². The Bertz CT molecular complexity index is 717. The standard InChI is InChI=1S/C12H14FN3O3S/c1-7-5-15-12(19-7)6-16-20(17,18)9-3-10(13)8(2)11(14)4-9/h3-5,16H,6,14H2,1-2H3. The molecule has 0 saturated carbocycles. The number of aryl methyl sites for hydroxylation is 1. The molecule has 0 aliphatic rings. The molecule has 0 unspecified atom stereocenters. The van der Waals surface area contributed by atoms with Crippen molar-refractivity contribution in [3.63, 3.8) is 0 Å². The van der Waals surface area contributed by atoms with E-state index in [9.17, 15) is 12.8 Å². The summed E-state index contributed by atoms with van der Waals surface area (Å²) in [6, 6.07) is 2.14. The molecule has 2 rings (SSSR count). The smallest absolute Gasteiger partial charge is 0.241 e. The fraction of sp³-hybridized carbons (Fsp3) is 0.250. The normalized spacial score (nSPS) is 11.8. The van der Waals surface area contributed by atoms with Gasteiger partial charge in [0.25, 0.3) is 0 Å². The average molecular weight is 299 g/mol. The molecule has 2 aromatic rings. The van der Waals surface area contributed by atoms with Crippen LogP contribution in [0.15, 0.2) is 27.6 Å². The second-order valence-corrected chi connectivity index (χ2v) is 6.08. The second-order valence-electron chi connectivity index (χ2n) is 4.31. The van der Waals surface area contributed by atoms with Crippen molar-refractivity contribution < 1.29 is 17.2 Å². The highest BCUT2D eigenvalue weighted by Gasteiger charge is 2.18. The number of anilines is 1. The van der Waals surface area contributed by atoms with Crippen LogP contribution in [0.2, 0.25) is 0 Å². The lowest BCUT2D eigenvalue weighted by Crippen LogP contribution is -2.23. The number of oxazole rings is 1. The molecule has 1 heterocycles. The molecule has 0 aliphatic heterocycles. The molecule has 0 saturated heterocycles.